The van der Waals surface area contributed by atoms with Crippen molar-refractivity contribution in [1.82, 2.24) is 25.4 Å². The zero-order chi connectivity index (χ0) is 18.7. The average molecular weight is 362 g/mol. The topological polar surface area (TPSA) is 96.5 Å². The molecule has 0 aliphatic carbocycles. The molecule has 2 N–H and O–H groups in total. The monoisotopic (exact) mass is 362 g/mol. The van der Waals surface area contributed by atoms with Crippen molar-refractivity contribution in [3.05, 3.63) is 53.1 Å². The smallest absolute Gasteiger partial charge is 0.249 e. The van der Waals surface area contributed by atoms with Gasteiger partial charge in [0.1, 0.15) is 0 Å². The van der Waals surface area contributed by atoms with E-state index in [0.29, 0.717) is 11.4 Å². The summed E-state index contributed by atoms with van der Waals surface area (Å²) in [5.74, 6) is -4.11. The average Bonchev–Trinajstić information content (AvgIpc) is 3.06. The summed E-state index contributed by atoms with van der Waals surface area (Å²) in [6.45, 7) is 1.83. The number of H-pyrrole nitrogens is 1. The van der Waals surface area contributed by atoms with Gasteiger partial charge < -0.3 is 0 Å². The lowest BCUT2D eigenvalue weighted by atomic mass is 10.1. The number of amides is 1. The Morgan fingerprint density at radius 1 is 1.15 bits per heavy atom. The lowest BCUT2D eigenvalue weighted by Gasteiger charge is -2.03. The van der Waals surface area contributed by atoms with Crippen molar-refractivity contribution < 1.29 is 18.0 Å². The van der Waals surface area contributed by atoms with E-state index in [1.54, 1.807) is 6.20 Å². The third kappa shape index (κ3) is 3.85. The first-order chi connectivity index (χ1) is 12.4. The van der Waals surface area contributed by atoms with Crippen LogP contribution in [0.2, 0.25) is 0 Å². The van der Waals surface area contributed by atoms with Crippen molar-refractivity contribution in [2.75, 3.05) is 5.32 Å². The van der Waals surface area contributed by atoms with Gasteiger partial charge in [-0.05, 0) is 36.6 Å². The standard InChI is InChI=1S/C16H13F3N6O/c1-8-6-20-21-7-10(8)15-23-16(25-24-15)22-13(26)3-2-9-4-11(17)14(19)12(18)5-9/h4-7H,2-3H2,1H3,(H2,22,23,24,25,26). The Balaban J connectivity index is 1.62. The van der Waals surface area contributed by atoms with Crippen molar-refractivity contribution in [3.8, 4) is 11.4 Å². The maximum atomic E-state index is 13.2. The number of nitrogens with zero attached hydrogens (tertiary/aromatic N) is 4. The van der Waals surface area contributed by atoms with Crippen molar-refractivity contribution in [2.24, 2.45) is 0 Å². The van der Waals surface area contributed by atoms with Crippen LogP contribution in [-0.4, -0.2) is 31.3 Å². The van der Waals surface area contributed by atoms with E-state index in [1.807, 2.05) is 6.92 Å². The Hall–Kier alpha value is -3.30. The molecule has 2 heterocycles. The number of rotatable bonds is 5. The molecule has 2 aromatic heterocycles. The predicted octanol–water partition coefficient (Wildman–Crippen LogP) is 2.56. The maximum Gasteiger partial charge on any atom is 0.249 e. The predicted molar refractivity (Wildman–Crippen MR) is 85.4 cm³/mol. The number of aryl methyl sites for hydroxylation is 2. The van der Waals surface area contributed by atoms with Crippen LogP contribution in [0.5, 0.6) is 0 Å². The van der Waals surface area contributed by atoms with E-state index in [1.165, 1.54) is 6.20 Å². The van der Waals surface area contributed by atoms with Crippen molar-refractivity contribution in [1.29, 1.82) is 0 Å². The van der Waals surface area contributed by atoms with Gasteiger partial charge in [0.15, 0.2) is 23.3 Å². The van der Waals surface area contributed by atoms with Crippen LogP contribution in [0, 0.1) is 24.4 Å². The Morgan fingerprint density at radius 3 is 2.54 bits per heavy atom. The van der Waals surface area contributed by atoms with E-state index in [4.69, 9.17) is 0 Å². The van der Waals surface area contributed by atoms with Gasteiger partial charge in [-0.3, -0.25) is 15.2 Å². The maximum absolute atomic E-state index is 13.2. The van der Waals surface area contributed by atoms with Gasteiger partial charge in [0, 0.05) is 12.0 Å². The number of hydrogen-bond acceptors (Lipinski definition) is 5. The third-order valence-electron chi connectivity index (χ3n) is 3.61. The van der Waals surface area contributed by atoms with Crippen LogP contribution in [0.4, 0.5) is 19.1 Å². The van der Waals surface area contributed by atoms with Gasteiger partial charge in [-0.1, -0.05) is 0 Å². The molecule has 0 bridgehead atoms. The van der Waals surface area contributed by atoms with Crippen molar-refractivity contribution in [3.63, 3.8) is 0 Å². The molecule has 3 aromatic rings. The fourth-order valence-corrected chi connectivity index (χ4v) is 2.27. The molecule has 0 saturated carbocycles. The fourth-order valence-electron chi connectivity index (χ4n) is 2.27. The Labute approximate surface area is 145 Å². The minimum Gasteiger partial charge on any atom is -0.293 e. The summed E-state index contributed by atoms with van der Waals surface area (Å²) in [4.78, 5) is 16.1. The molecule has 0 atom stereocenters. The molecule has 1 aromatic carbocycles. The van der Waals surface area contributed by atoms with Crippen LogP contribution in [-0.2, 0) is 11.2 Å². The summed E-state index contributed by atoms with van der Waals surface area (Å²) in [6, 6.07) is 1.71. The molecule has 0 aliphatic rings. The minimum absolute atomic E-state index is 0.0324. The fraction of sp³-hybridized carbons (Fsp3) is 0.188. The highest BCUT2D eigenvalue weighted by Crippen LogP contribution is 2.18. The number of hydrogen-bond donors (Lipinski definition) is 2. The lowest BCUT2D eigenvalue weighted by molar-refractivity contribution is -0.116. The summed E-state index contributed by atoms with van der Waals surface area (Å²) in [5, 5.41) is 16.5. The summed E-state index contributed by atoms with van der Waals surface area (Å²) < 4.78 is 39.2. The molecule has 0 radical (unpaired) electrons. The number of aromatic amines is 1. The third-order valence-corrected chi connectivity index (χ3v) is 3.61. The summed E-state index contributed by atoms with van der Waals surface area (Å²) in [6.07, 6.45) is 3.03. The first-order valence-corrected chi connectivity index (χ1v) is 7.57. The molecule has 7 nitrogen and oxygen atoms in total. The number of carbonyl (C=O) groups is 1. The molecular weight excluding hydrogens is 349 g/mol. The first kappa shape index (κ1) is 17.5. The zero-order valence-corrected chi connectivity index (χ0v) is 13.6. The quantitative estimate of drug-likeness (QED) is 0.680. The second-order valence-corrected chi connectivity index (χ2v) is 5.52. The van der Waals surface area contributed by atoms with Crippen LogP contribution in [0.1, 0.15) is 17.5 Å². The summed E-state index contributed by atoms with van der Waals surface area (Å²) in [7, 11) is 0. The molecule has 0 aliphatic heterocycles. The van der Waals surface area contributed by atoms with Gasteiger partial charge in [0.25, 0.3) is 0 Å². The van der Waals surface area contributed by atoms with Crippen LogP contribution < -0.4 is 5.32 Å². The molecule has 0 spiro atoms. The number of anilines is 1. The number of nitrogens with one attached hydrogen (secondary N) is 2. The molecule has 3 rings (SSSR count). The van der Waals surface area contributed by atoms with Gasteiger partial charge in [-0.2, -0.15) is 15.2 Å². The number of benzene rings is 1. The molecule has 134 valence electrons. The number of halogens is 3. The van der Waals surface area contributed by atoms with Crippen molar-refractivity contribution in [2.45, 2.75) is 19.8 Å². The lowest BCUT2D eigenvalue weighted by Crippen LogP contribution is -2.13. The molecule has 10 heteroatoms. The largest absolute Gasteiger partial charge is 0.293 e. The van der Waals surface area contributed by atoms with Gasteiger partial charge in [-0.25, -0.2) is 13.2 Å². The van der Waals surface area contributed by atoms with Gasteiger partial charge in [-0.15, -0.1) is 5.10 Å². The second kappa shape index (κ2) is 7.30. The normalized spacial score (nSPS) is 10.8. The van der Waals surface area contributed by atoms with Gasteiger partial charge in [0.2, 0.25) is 11.9 Å². The van der Waals surface area contributed by atoms with Crippen LogP contribution in [0.25, 0.3) is 11.4 Å². The molecule has 0 fully saturated rings. The van der Waals surface area contributed by atoms with Gasteiger partial charge in [0.05, 0.1) is 12.4 Å². The van der Waals surface area contributed by atoms with E-state index < -0.39 is 23.4 Å². The highest BCUT2D eigenvalue weighted by Gasteiger charge is 2.13. The molecule has 1 amide bonds. The highest BCUT2D eigenvalue weighted by molar-refractivity contribution is 5.89. The van der Waals surface area contributed by atoms with Crippen LogP contribution >= 0.6 is 0 Å². The molecule has 26 heavy (non-hydrogen) atoms. The number of aromatic nitrogens is 5. The van der Waals surface area contributed by atoms with E-state index >= 15 is 0 Å². The van der Waals surface area contributed by atoms with E-state index in [-0.39, 0.29) is 24.4 Å². The Kier molecular flexibility index (Phi) is 4.92. The molecular formula is C16H13F3N6O. The second-order valence-electron chi connectivity index (χ2n) is 5.52. The van der Waals surface area contributed by atoms with E-state index in [9.17, 15) is 18.0 Å². The Bertz CT molecular complexity index is 936. The molecule has 0 unspecified atom stereocenters. The number of carbonyl (C=O) groups excluding carboxylic acids is 1. The SMILES string of the molecule is Cc1cnncc1-c1nc(NC(=O)CCc2cc(F)c(F)c(F)c2)n[nH]1. The van der Waals surface area contributed by atoms with E-state index in [0.717, 1.165) is 17.7 Å². The van der Waals surface area contributed by atoms with E-state index in [2.05, 4.69) is 30.7 Å². The highest BCUT2D eigenvalue weighted by atomic mass is 19.2. The zero-order valence-electron chi connectivity index (χ0n) is 13.6. The van der Waals surface area contributed by atoms with Crippen LogP contribution in [0.15, 0.2) is 24.5 Å². The van der Waals surface area contributed by atoms with Crippen LogP contribution in [0.3, 0.4) is 0 Å². The first-order valence-electron chi connectivity index (χ1n) is 7.57. The summed E-state index contributed by atoms with van der Waals surface area (Å²) in [5.41, 5.74) is 1.69. The Morgan fingerprint density at radius 2 is 1.85 bits per heavy atom. The van der Waals surface area contributed by atoms with Crippen molar-refractivity contribution >= 4 is 11.9 Å². The molecule has 0 saturated heterocycles. The minimum atomic E-state index is -1.53. The summed E-state index contributed by atoms with van der Waals surface area (Å²) >= 11 is 0. The van der Waals surface area contributed by atoms with Gasteiger partial charge >= 0.3 is 0 Å².